The zero-order chi connectivity index (χ0) is 19.3. The topological polar surface area (TPSA) is 101 Å². The van der Waals surface area contributed by atoms with E-state index in [2.05, 4.69) is 47.0 Å². The second-order valence-electron chi connectivity index (χ2n) is 6.19. The largest absolute Gasteiger partial charge is 0.318 e. The Morgan fingerprint density at radius 2 is 1.89 bits per heavy atom. The highest BCUT2D eigenvalue weighted by atomic mass is 79.9. The van der Waals surface area contributed by atoms with E-state index in [1.165, 1.54) is 10.7 Å². The van der Waals surface area contributed by atoms with Gasteiger partial charge in [0.05, 0.1) is 5.69 Å². The number of hydrogen-bond donors (Lipinski definition) is 2. The first-order valence-corrected chi connectivity index (χ1v) is 9.10. The van der Waals surface area contributed by atoms with Crippen molar-refractivity contribution in [1.82, 2.24) is 30.4 Å². The molecule has 2 aromatic carbocycles. The molecule has 0 bridgehead atoms. The molecule has 0 radical (unpaired) electrons. The van der Waals surface area contributed by atoms with E-state index in [4.69, 9.17) is 0 Å². The molecule has 0 spiro atoms. The molecular formula is C18H11BrFN7O. The van der Waals surface area contributed by atoms with Crippen molar-refractivity contribution in [1.29, 1.82) is 0 Å². The zero-order valence-electron chi connectivity index (χ0n) is 14.1. The maximum absolute atomic E-state index is 14.7. The number of halogens is 2. The van der Waals surface area contributed by atoms with Gasteiger partial charge in [0.15, 0.2) is 0 Å². The van der Waals surface area contributed by atoms with Gasteiger partial charge < -0.3 is 5.32 Å². The molecule has 0 fully saturated rings. The Morgan fingerprint density at radius 3 is 2.68 bits per heavy atom. The molecule has 3 heterocycles. The molecule has 2 aromatic heterocycles. The number of tetrazole rings is 1. The van der Waals surface area contributed by atoms with Crippen LogP contribution in [0.2, 0.25) is 0 Å². The van der Waals surface area contributed by atoms with Gasteiger partial charge in [0.1, 0.15) is 17.5 Å². The number of anilines is 2. The maximum Gasteiger partial charge on any atom is 0.288 e. The van der Waals surface area contributed by atoms with E-state index < -0.39 is 17.4 Å². The van der Waals surface area contributed by atoms with Gasteiger partial charge in [-0.15, -0.1) is 0 Å². The minimum absolute atomic E-state index is 0.239. The summed E-state index contributed by atoms with van der Waals surface area (Å²) in [6.45, 7) is 0. The molecular weight excluding hydrogens is 429 g/mol. The monoisotopic (exact) mass is 439 g/mol. The van der Waals surface area contributed by atoms with E-state index >= 15 is 0 Å². The maximum atomic E-state index is 14.7. The number of aromatic nitrogens is 6. The summed E-state index contributed by atoms with van der Waals surface area (Å²) < 4.78 is 17.1. The molecule has 0 aliphatic carbocycles. The van der Waals surface area contributed by atoms with Crippen molar-refractivity contribution in [2.24, 2.45) is 0 Å². The van der Waals surface area contributed by atoms with Crippen LogP contribution in [0.4, 0.5) is 16.0 Å². The molecule has 1 atom stereocenters. The molecule has 0 unspecified atom stereocenters. The average Bonchev–Trinajstić information content (AvgIpc) is 3.17. The highest BCUT2D eigenvalue weighted by Crippen LogP contribution is 2.41. The Labute approximate surface area is 165 Å². The number of nitrogens with one attached hydrogen (secondary N) is 2. The lowest BCUT2D eigenvalue weighted by molar-refractivity contribution is 0.527. The van der Waals surface area contributed by atoms with Crippen LogP contribution < -0.4 is 10.9 Å². The van der Waals surface area contributed by atoms with E-state index in [-0.39, 0.29) is 11.6 Å². The number of hydrogen-bond acceptors (Lipinski definition) is 6. The standard InChI is InChI=1S/C18H11BrFN7O/c19-10-7-5-9(6-8-10)14-13-15(17(28)23-22-14)21-18-24-25-26-27(18)16(13)11-3-1-2-4-12(11)20/h1-8,16H,(H,23,28)(H,21,24,26)/t16-/m0/s1. The Morgan fingerprint density at radius 1 is 1.11 bits per heavy atom. The first kappa shape index (κ1) is 16.8. The van der Waals surface area contributed by atoms with Crippen LogP contribution in [0.15, 0.2) is 57.8 Å². The lowest BCUT2D eigenvalue weighted by Crippen LogP contribution is -2.29. The predicted molar refractivity (Wildman–Crippen MR) is 103 cm³/mol. The quantitative estimate of drug-likeness (QED) is 0.438. The Bertz CT molecular complexity index is 1250. The van der Waals surface area contributed by atoms with Crippen molar-refractivity contribution in [3.63, 3.8) is 0 Å². The number of nitrogens with zero attached hydrogens (tertiary/aromatic N) is 5. The van der Waals surface area contributed by atoms with Crippen LogP contribution in [-0.2, 0) is 0 Å². The van der Waals surface area contributed by atoms with Crippen molar-refractivity contribution in [3.8, 4) is 11.3 Å². The second-order valence-corrected chi connectivity index (χ2v) is 7.11. The Balaban J connectivity index is 1.84. The van der Waals surface area contributed by atoms with Gasteiger partial charge in [-0.25, -0.2) is 9.49 Å². The SMILES string of the molecule is O=c1[nH]nc(-c2ccc(Br)cc2)c2c1Nc1nnnn1[C@H]2c1ccccc1F. The van der Waals surface area contributed by atoms with Crippen molar-refractivity contribution in [2.75, 3.05) is 5.32 Å². The highest BCUT2D eigenvalue weighted by molar-refractivity contribution is 9.10. The fourth-order valence-electron chi connectivity index (χ4n) is 3.35. The van der Waals surface area contributed by atoms with Crippen LogP contribution in [0.1, 0.15) is 17.2 Å². The summed E-state index contributed by atoms with van der Waals surface area (Å²) in [5, 5.41) is 21.3. The van der Waals surface area contributed by atoms with Crippen LogP contribution in [0.25, 0.3) is 11.3 Å². The van der Waals surface area contributed by atoms with E-state index in [9.17, 15) is 9.18 Å². The van der Waals surface area contributed by atoms with E-state index in [0.29, 0.717) is 16.8 Å². The molecule has 28 heavy (non-hydrogen) atoms. The van der Waals surface area contributed by atoms with Crippen LogP contribution in [0.3, 0.4) is 0 Å². The third kappa shape index (κ3) is 2.53. The summed E-state index contributed by atoms with van der Waals surface area (Å²) in [4.78, 5) is 12.5. The van der Waals surface area contributed by atoms with Gasteiger partial charge in [0.25, 0.3) is 5.56 Å². The lowest BCUT2D eigenvalue weighted by atomic mass is 9.92. The second kappa shape index (κ2) is 6.34. The van der Waals surface area contributed by atoms with Crippen LogP contribution >= 0.6 is 15.9 Å². The number of rotatable bonds is 2. The minimum atomic E-state index is -0.754. The molecule has 138 valence electrons. The molecule has 5 rings (SSSR count). The molecule has 10 heteroatoms. The summed E-state index contributed by atoms with van der Waals surface area (Å²) in [6, 6.07) is 13.0. The number of H-pyrrole nitrogens is 1. The van der Waals surface area contributed by atoms with Gasteiger partial charge in [0.2, 0.25) is 5.95 Å². The van der Waals surface area contributed by atoms with Gasteiger partial charge >= 0.3 is 0 Å². The number of fused-ring (bicyclic) bond motifs is 2. The predicted octanol–water partition coefficient (Wildman–Crippen LogP) is 3.02. The third-order valence-electron chi connectivity index (χ3n) is 4.59. The van der Waals surface area contributed by atoms with Crippen molar-refractivity contribution < 1.29 is 4.39 Å². The molecule has 0 saturated heterocycles. The minimum Gasteiger partial charge on any atom is -0.318 e. The Hall–Kier alpha value is -3.40. The molecule has 0 saturated carbocycles. The van der Waals surface area contributed by atoms with Gasteiger partial charge in [-0.1, -0.05) is 51.4 Å². The van der Waals surface area contributed by atoms with Crippen molar-refractivity contribution in [2.45, 2.75) is 6.04 Å². The summed E-state index contributed by atoms with van der Waals surface area (Å²) in [5.41, 5.74) is 1.90. The van der Waals surface area contributed by atoms with E-state index in [0.717, 1.165) is 10.0 Å². The molecule has 1 aliphatic heterocycles. The smallest absolute Gasteiger partial charge is 0.288 e. The third-order valence-corrected chi connectivity index (χ3v) is 5.11. The van der Waals surface area contributed by atoms with Gasteiger partial charge in [-0.2, -0.15) is 9.78 Å². The fourth-order valence-corrected chi connectivity index (χ4v) is 3.61. The van der Waals surface area contributed by atoms with E-state index in [1.807, 2.05) is 24.3 Å². The lowest BCUT2D eigenvalue weighted by Gasteiger charge is -2.28. The van der Waals surface area contributed by atoms with Crippen LogP contribution in [0, 0.1) is 5.82 Å². The molecule has 2 N–H and O–H groups in total. The first-order chi connectivity index (χ1) is 13.6. The van der Waals surface area contributed by atoms with Crippen LogP contribution in [0.5, 0.6) is 0 Å². The fraction of sp³-hybridized carbons (Fsp3) is 0.0556. The number of benzene rings is 2. The van der Waals surface area contributed by atoms with Crippen molar-refractivity contribution >= 4 is 27.6 Å². The van der Waals surface area contributed by atoms with Gasteiger partial charge in [-0.3, -0.25) is 4.79 Å². The first-order valence-electron chi connectivity index (χ1n) is 8.31. The normalized spacial score (nSPS) is 14.9. The van der Waals surface area contributed by atoms with Gasteiger partial charge in [-0.05, 0) is 28.6 Å². The highest BCUT2D eigenvalue weighted by Gasteiger charge is 2.35. The summed E-state index contributed by atoms with van der Waals surface area (Å²) in [7, 11) is 0. The molecule has 1 aliphatic rings. The zero-order valence-corrected chi connectivity index (χ0v) is 15.7. The molecule has 0 amide bonds. The average molecular weight is 440 g/mol. The van der Waals surface area contributed by atoms with Crippen molar-refractivity contribution in [3.05, 3.63) is 80.3 Å². The summed E-state index contributed by atoms with van der Waals surface area (Å²) in [5.74, 6) is -0.178. The number of aromatic amines is 1. The van der Waals surface area contributed by atoms with Gasteiger partial charge in [0, 0.05) is 21.2 Å². The molecule has 4 aromatic rings. The summed E-state index contributed by atoms with van der Waals surface area (Å²) >= 11 is 3.41. The van der Waals surface area contributed by atoms with Crippen LogP contribution in [-0.4, -0.2) is 30.4 Å². The summed E-state index contributed by atoms with van der Waals surface area (Å²) in [6.07, 6.45) is 0. The van der Waals surface area contributed by atoms with E-state index in [1.54, 1.807) is 18.2 Å². The molecule has 8 nitrogen and oxygen atoms in total. The Kier molecular flexibility index (Phi) is 3.79.